The van der Waals surface area contributed by atoms with E-state index in [4.69, 9.17) is 17.4 Å². The molecule has 0 saturated carbocycles. The molecule has 0 aliphatic carbocycles. The van der Waals surface area contributed by atoms with Crippen LogP contribution in [0.15, 0.2) is 24.3 Å². The number of nitrogen functional groups attached to an aromatic ring is 1. The molecule has 0 unspecified atom stereocenters. The third-order valence-corrected chi connectivity index (χ3v) is 2.37. The van der Waals surface area contributed by atoms with Gasteiger partial charge in [-0.15, -0.1) is 0 Å². The van der Waals surface area contributed by atoms with Crippen LogP contribution in [0.5, 0.6) is 0 Å². The first-order chi connectivity index (χ1) is 6.70. The standard InChI is InChI=1S/C10H10ClN3/c1-6-2-3-9-7(4-6)8(11)5-10(13-9)14-12/h2-5H,12H2,1H3,(H,13,14). The number of halogens is 1. The number of hydrazine groups is 1. The number of nitrogens with zero attached hydrogens (tertiary/aromatic N) is 1. The van der Waals surface area contributed by atoms with E-state index in [1.807, 2.05) is 25.1 Å². The molecule has 3 nitrogen and oxygen atoms in total. The Labute approximate surface area is 86.9 Å². The first-order valence-corrected chi connectivity index (χ1v) is 4.62. The summed E-state index contributed by atoms with van der Waals surface area (Å²) >= 11 is 6.08. The lowest BCUT2D eigenvalue weighted by Crippen LogP contribution is -2.08. The van der Waals surface area contributed by atoms with Gasteiger partial charge in [0.1, 0.15) is 5.82 Å². The summed E-state index contributed by atoms with van der Waals surface area (Å²) in [6, 6.07) is 7.64. The summed E-state index contributed by atoms with van der Waals surface area (Å²) in [6.07, 6.45) is 0. The highest BCUT2D eigenvalue weighted by Gasteiger charge is 2.02. The van der Waals surface area contributed by atoms with Crippen molar-refractivity contribution in [2.24, 2.45) is 5.84 Å². The normalized spacial score (nSPS) is 10.5. The van der Waals surface area contributed by atoms with Crippen molar-refractivity contribution < 1.29 is 0 Å². The Morgan fingerprint density at radius 2 is 2.14 bits per heavy atom. The average Bonchev–Trinajstić information content (AvgIpc) is 2.19. The number of benzene rings is 1. The number of anilines is 1. The molecule has 0 bridgehead atoms. The lowest BCUT2D eigenvalue weighted by atomic mass is 10.1. The van der Waals surface area contributed by atoms with E-state index in [0.29, 0.717) is 10.8 Å². The first-order valence-electron chi connectivity index (χ1n) is 4.24. The van der Waals surface area contributed by atoms with Crippen LogP contribution in [0, 0.1) is 6.92 Å². The quantitative estimate of drug-likeness (QED) is 0.558. The largest absolute Gasteiger partial charge is 0.308 e. The van der Waals surface area contributed by atoms with Gasteiger partial charge in [0.2, 0.25) is 0 Å². The number of aryl methyl sites for hydroxylation is 1. The second kappa shape index (κ2) is 3.44. The molecule has 0 aliphatic rings. The number of rotatable bonds is 1. The van der Waals surface area contributed by atoms with Gasteiger partial charge in [0, 0.05) is 11.5 Å². The Bertz CT molecular complexity index is 482. The van der Waals surface area contributed by atoms with E-state index in [1.54, 1.807) is 6.07 Å². The van der Waals surface area contributed by atoms with E-state index in [-0.39, 0.29) is 0 Å². The monoisotopic (exact) mass is 207 g/mol. The van der Waals surface area contributed by atoms with Crippen molar-refractivity contribution in [2.75, 3.05) is 5.43 Å². The molecule has 1 aromatic carbocycles. The number of nitrogens with two attached hydrogens (primary N) is 1. The van der Waals surface area contributed by atoms with Crippen LogP contribution in [0.4, 0.5) is 5.82 Å². The lowest BCUT2D eigenvalue weighted by Gasteiger charge is -2.04. The second-order valence-corrected chi connectivity index (χ2v) is 3.56. The van der Waals surface area contributed by atoms with E-state index in [1.165, 1.54) is 0 Å². The molecule has 1 aromatic heterocycles. The zero-order chi connectivity index (χ0) is 10.1. The molecule has 0 fully saturated rings. The van der Waals surface area contributed by atoms with Crippen molar-refractivity contribution in [3.63, 3.8) is 0 Å². The van der Waals surface area contributed by atoms with Gasteiger partial charge in [-0.2, -0.15) is 0 Å². The number of nitrogens with one attached hydrogen (secondary N) is 1. The maximum Gasteiger partial charge on any atom is 0.142 e. The van der Waals surface area contributed by atoms with Gasteiger partial charge in [-0.3, -0.25) is 0 Å². The molecule has 0 aliphatic heterocycles. The zero-order valence-corrected chi connectivity index (χ0v) is 8.47. The molecule has 0 amide bonds. The fourth-order valence-corrected chi connectivity index (χ4v) is 1.63. The molecule has 1 heterocycles. The Balaban J connectivity index is 2.76. The van der Waals surface area contributed by atoms with E-state index in [0.717, 1.165) is 16.5 Å². The molecule has 0 spiro atoms. The van der Waals surface area contributed by atoms with Gasteiger partial charge in [-0.05, 0) is 19.1 Å². The molecular formula is C10H10ClN3. The maximum atomic E-state index is 6.08. The Morgan fingerprint density at radius 1 is 1.36 bits per heavy atom. The minimum atomic E-state index is 0.575. The maximum absolute atomic E-state index is 6.08. The van der Waals surface area contributed by atoms with Crippen LogP contribution >= 0.6 is 11.6 Å². The molecule has 14 heavy (non-hydrogen) atoms. The van der Waals surface area contributed by atoms with Crippen molar-refractivity contribution in [1.82, 2.24) is 4.98 Å². The number of hydrogen-bond acceptors (Lipinski definition) is 3. The molecule has 0 saturated heterocycles. The molecule has 72 valence electrons. The summed E-state index contributed by atoms with van der Waals surface area (Å²) in [4.78, 5) is 4.28. The molecule has 3 N–H and O–H groups in total. The van der Waals surface area contributed by atoms with Gasteiger partial charge in [0.15, 0.2) is 0 Å². The highest BCUT2D eigenvalue weighted by molar-refractivity contribution is 6.35. The van der Waals surface area contributed by atoms with Crippen molar-refractivity contribution >= 4 is 28.3 Å². The SMILES string of the molecule is Cc1ccc2nc(NN)cc(Cl)c2c1. The van der Waals surface area contributed by atoms with Gasteiger partial charge in [0.05, 0.1) is 10.5 Å². The topological polar surface area (TPSA) is 50.9 Å². The highest BCUT2D eigenvalue weighted by Crippen LogP contribution is 2.25. The summed E-state index contributed by atoms with van der Waals surface area (Å²) in [5.74, 6) is 5.84. The van der Waals surface area contributed by atoms with Gasteiger partial charge in [-0.25, -0.2) is 10.8 Å². The third kappa shape index (κ3) is 1.52. The van der Waals surface area contributed by atoms with E-state index >= 15 is 0 Å². The van der Waals surface area contributed by atoms with Crippen LogP contribution in [-0.4, -0.2) is 4.98 Å². The van der Waals surface area contributed by atoms with Crippen LogP contribution in [0.25, 0.3) is 10.9 Å². The fourth-order valence-electron chi connectivity index (χ4n) is 1.37. The smallest absolute Gasteiger partial charge is 0.142 e. The van der Waals surface area contributed by atoms with Crippen molar-refractivity contribution in [3.05, 3.63) is 34.9 Å². The summed E-state index contributed by atoms with van der Waals surface area (Å²) in [6.45, 7) is 2.02. The van der Waals surface area contributed by atoms with Crippen molar-refractivity contribution in [3.8, 4) is 0 Å². The summed E-state index contributed by atoms with van der Waals surface area (Å²) in [5, 5.41) is 1.61. The molecule has 4 heteroatoms. The molecular weight excluding hydrogens is 198 g/mol. The number of fused-ring (bicyclic) bond motifs is 1. The number of hydrogen-bond donors (Lipinski definition) is 2. The van der Waals surface area contributed by atoms with Gasteiger partial charge in [-0.1, -0.05) is 23.2 Å². The minimum absolute atomic E-state index is 0.575. The molecule has 0 atom stereocenters. The van der Waals surface area contributed by atoms with Crippen LogP contribution in [-0.2, 0) is 0 Å². The molecule has 2 rings (SSSR count). The predicted octanol–water partition coefficient (Wildman–Crippen LogP) is 2.48. The Morgan fingerprint density at radius 3 is 2.86 bits per heavy atom. The van der Waals surface area contributed by atoms with Crippen LogP contribution < -0.4 is 11.3 Å². The second-order valence-electron chi connectivity index (χ2n) is 3.15. The fraction of sp³-hybridized carbons (Fsp3) is 0.100. The van der Waals surface area contributed by atoms with Gasteiger partial charge >= 0.3 is 0 Å². The summed E-state index contributed by atoms with van der Waals surface area (Å²) in [7, 11) is 0. The van der Waals surface area contributed by atoms with Crippen LogP contribution in [0.3, 0.4) is 0 Å². The summed E-state index contributed by atoms with van der Waals surface area (Å²) < 4.78 is 0. The Kier molecular flexibility index (Phi) is 2.27. The van der Waals surface area contributed by atoms with E-state index in [2.05, 4.69) is 10.4 Å². The zero-order valence-electron chi connectivity index (χ0n) is 7.71. The number of pyridine rings is 1. The molecule has 2 aromatic rings. The van der Waals surface area contributed by atoms with Crippen LogP contribution in [0.1, 0.15) is 5.56 Å². The average molecular weight is 208 g/mol. The highest BCUT2D eigenvalue weighted by atomic mass is 35.5. The van der Waals surface area contributed by atoms with Gasteiger partial charge in [0.25, 0.3) is 0 Å². The van der Waals surface area contributed by atoms with E-state index in [9.17, 15) is 0 Å². The number of aromatic nitrogens is 1. The predicted molar refractivity (Wildman–Crippen MR) is 59.3 cm³/mol. The third-order valence-electron chi connectivity index (χ3n) is 2.06. The van der Waals surface area contributed by atoms with Gasteiger partial charge < -0.3 is 5.43 Å². The van der Waals surface area contributed by atoms with Crippen LogP contribution in [0.2, 0.25) is 5.02 Å². The lowest BCUT2D eigenvalue weighted by molar-refractivity contribution is 1.26. The Hall–Kier alpha value is -1.32. The minimum Gasteiger partial charge on any atom is -0.308 e. The van der Waals surface area contributed by atoms with Crippen molar-refractivity contribution in [1.29, 1.82) is 0 Å². The molecule has 0 radical (unpaired) electrons. The van der Waals surface area contributed by atoms with E-state index < -0.39 is 0 Å². The van der Waals surface area contributed by atoms with Crippen molar-refractivity contribution in [2.45, 2.75) is 6.92 Å². The summed E-state index contributed by atoms with van der Waals surface area (Å²) in [5.41, 5.74) is 4.48. The first kappa shape index (κ1) is 9.24.